The summed E-state index contributed by atoms with van der Waals surface area (Å²) in [4.78, 5) is 18.9. The van der Waals surface area contributed by atoms with E-state index in [0.717, 1.165) is 0 Å². The molecule has 3 aromatic rings. The van der Waals surface area contributed by atoms with Gasteiger partial charge in [-0.3, -0.25) is 10.1 Å². The fraction of sp³-hybridized carbons (Fsp3) is 0. The topological polar surface area (TPSA) is 93.0 Å². The molecular formula is C16H11Cl2N5O2. The molecule has 0 fully saturated rings. The molecule has 1 aromatic heterocycles. The van der Waals surface area contributed by atoms with Crippen LogP contribution in [0.15, 0.2) is 54.9 Å². The molecule has 0 spiro atoms. The smallest absolute Gasteiger partial charge is 0.333 e. The van der Waals surface area contributed by atoms with Crippen LogP contribution in [0.5, 0.6) is 0 Å². The lowest BCUT2D eigenvalue weighted by atomic mass is 10.3. The van der Waals surface area contributed by atoms with Gasteiger partial charge in [-0.25, -0.2) is 9.97 Å². The molecule has 0 aliphatic heterocycles. The lowest BCUT2D eigenvalue weighted by molar-refractivity contribution is -0.383. The normalized spacial score (nSPS) is 10.3. The van der Waals surface area contributed by atoms with E-state index < -0.39 is 4.92 Å². The predicted molar refractivity (Wildman–Crippen MR) is 98.2 cm³/mol. The van der Waals surface area contributed by atoms with Crippen molar-refractivity contribution in [3.05, 3.63) is 75.0 Å². The van der Waals surface area contributed by atoms with Gasteiger partial charge in [0.05, 0.1) is 26.3 Å². The summed E-state index contributed by atoms with van der Waals surface area (Å²) < 4.78 is 0. The minimum Gasteiger partial charge on any atom is -0.333 e. The zero-order valence-electron chi connectivity index (χ0n) is 12.6. The van der Waals surface area contributed by atoms with E-state index >= 15 is 0 Å². The quantitative estimate of drug-likeness (QED) is 0.471. The van der Waals surface area contributed by atoms with Gasteiger partial charge in [0.1, 0.15) is 6.33 Å². The van der Waals surface area contributed by atoms with E-state index in [1.54, 1.807) is 48.5 Å². The number of anilines is 4. The van der Waals surface area contributed by atoms with Gasteiger partial charge in [-0.05, 0) is 24.3 Å². The van der Waals surface area contributed by atoms with Crippen LogP contribution in [0.25, 0.3) is 0 Å². The molecule has 3 rings (SSSR count). The van der Waals surface area contributed by atoms with Crippen molar-refractivity contribution in [1.82, 2.24) is 9.97 Å². The molecule has 9 heteroatoms. The third-order valence-electron chi connectivity index (χ3n) is 3.26. The van der Waals surface area contributed by atoms with E-state index in [1.165, 1.54) is 6.33 Å². The molecule has 0 radical (unpaired) electrons. The Morgan fingerprint density at radius 1 is 0.840 bits per heavy atom. The van der Waals surface area contributed by atoms with Gasteiger partial charge < -0.3 is 10.6 Å². The van der Waals surface area contributed by atoms with Gasteiger partial charge in [-0.15, -0.1) is 0 Å². The lowest BCUT2D eigenvalue weighted by Crippen LogP contribution is -2.05. The van der Waals surface area contributed by atoms with Gasteiger partial charge in [-0.2, -0.15) is 0 Å². The standard InChI is InChI=1S/C16H11Cl2N5O2/c17-10-5-1-3-7-12(10)21-15-14(23(24)25)16(20-9-19-15)22-13-8-4-2-6-11(13)18/h1-9H,(H2,19,20,21,22). The fourth-order valence-corrected chi connectivity index (χ4v) is 2.48. The highest BCUT2D eigenvalue weighted by Crippen LogP contribution is 2.35. The Hall–Kier alpha value is -2.90. The average Bonchev–Trinajstić information content (AvgIpc) is 2.59. The summed E-state index contributed by atoms with van der Waals surface area (Å²) >= 11 is 12.2. The van der Waals surface area contributed by atoms with Gasteiger partial charge >= 0.3 is 5.69 Å². The molecule has 126 valence electrons. The van der Waals surface area contributed by atoms with Gasteiger partial charge in [0, 0.05) is 0 Å². The van der Waals surface area contributed by atoms with Crippen molar-refractivity contribution in [2.45, 2.75) is 0 Å². The largest absolute Gasteiger partial charge is 0.353 e. The van der Waals surface area contributed by atoms with Crippen LogP contribution in [-0.2, 0) is 0 Å². The lowest BCUT2D eigenvalue weighted by Gasteiger charge is -2.11. The first-order valence-electron chi connectivity index (χ1n) is 7.09. The van der Waals surface area contributed by atoms with Gasteiger partial charge in [0.25, 0.3) is 0 Å². The molecule has 2 N–H and O–H groups in total. The molecule has 0 amide bonds. The Labute approximate surface area is 152 Å². The van der Waals surface area contributed by atoms with Gasteiger partial charge in [0.2, 0.25) is 11.6 Å². The van der Waals surface area contributed by atoms with Crippen LogP contribution in [0, 0.1) is 10.1 Å². The summed E-state index contributed by atoms with van der Waals surface area (Å²) in [5, 5.41) is 18.1. The van der Waals surface area contributed by atoms with Crippen LogP contribution in [0.2, 0.25) is 10.0 Å². The maximum absolute atomic E-state index is 11.6. The van der Waals surface area contributed by atoms with Crippen molar-refractivity contribution < 1.29 is 4.92 Å². The number of hydrogen-bond acceptors (Lipinski definition) is 6. The van der Waals surface area contributed by atoms with Crippen molar-refractivity contribution in [2.75, 3.05) is 10.6 Å². The number of nitro groups is 1. The number of rotatable bonds is 5. The second kappa shape index (κ2) is 7.33. The molecule has 1 heterocycles. The number of nitrogens with one attached hydrogen (secondary N) is 2. The van der Waals surface area contributed by atoms with Crippen LogP contribution >= 0.6 is 23.2 Å². The fourth-order valence-electron chi connectivity index (χ4n) is 2.11. The summed E-state index contributed by atoms with van der Waals surface area (Å²) in [6, 6.07) is 13.7. The molecule has 0 bridgehead atoms. The second-order valence-electron chi connectivity index (χ2n) is 4.89. The summed E-state index contributed by atoms with van der Waals surface area (Å²) in [6.07, 6.45) is 1.21. The SMILES string of the molecule is O=[N+]([O-])c1c(Nc2ccccc2Cl)ncnc1Nc1ccccc1Cl. The number of halogens is 2. The molecule has 7 nitrogen and oxygen atoms in total. The molecular weight excluding hydrogens is 365 g/mol. The van der Waals surface area contributed by atoms with E-state index in [0.29, 0.717) is 21.4 Å². The minimum atomic E-state index is -0.571. The van der Waals surface area contributed by atoms with Crippen LogP contribution in [0.1, 0.15) is 0 Å². The summed E-state index contributed by atoms with van der Waals surface area (Å²) in [6.45, 7) is 0. The highest BCUT2D eigenvalue weighted by Gasteiger charge is 2.24. The maximum Gasteiger partial charge on any atom is 0.353 e. The van der Waals surface area contributed by atoms with E-state index in [1.807, 2.05) is 0 Å². The highest BCUT2D eigenvalue weighted by molar-refractivity contribution is 6.33. The summed E-state index contributed by atoms with van der Waals surface area (Å²) in [7, 11) is 0. The van der Waals surface area contributed by atoms with E-state index in [4.69, 9.17) is 23.2 Å². The maximum atomic E-state index is 11.6. The van der Waals surface area contributed by atoms with Crippen molar-refractivity contribution >= 4 is 51.9 Å². The summed E-state index contributed by atoms with van der Waals surface area (Å²) in [5.74, 6) is 0.0327. The van der Waals surface area contributed by atoms with Crippen LogP contribution in [0.4, 0.5) is 28.7 Å². The Morgan fingerprint density at radius 2 is 1.28 bits per heavy atom. The average molecular weight is 376 g/mol. The van der Waals surface area contributed by atoms with Crippen LogP contribution in [0.3, 0.4) is 0 Å². The van der Waals surface area contributed by atoms with Crippen molar-refractivity contribution in [2.24, 2.45) is 0 Å². The number of aromatic nitrogens is 2. The van der Waals surface area contributed by atoms with E-state index in [9.17, 15) is 10.1 Å². The number of nitrogens with zero attached hydrogens (tertiary/aromatic N) is 3. The van der Waals surface area contributed by atoms with Crippen molar-refractivity contribution in [3.8, 4) is 0 Å². The number of para-hydroxylation sites is 2. The van der Waals surface area contributed by atoms with Crippen molar-refractivity contribution in [3.63, 3.8) is 0 Å². The minimum absolute atomic E-state index is 0.0163. The summed E-state index contributed by atoms with van der Waals surface area (Å²) in [5.41, 5.74) is 0.673. The number of hydrogen-bond donors (Lipinski definition) is 2. The zero-order chi connectivity index (χ0) is 17.8. The Morgan fingerprint density at radius 3 is 1.68 bits per heavy atom. The Balaban J connectivity index is 2.02. The first-order chi connectivity index (χ1) is 12.1. The van der Waals surface area contributed by atoms with E-state index in [-0.39, 0.29) is 17.3 Å². The van der Waals surface area contributed by atoms with Crippen molar-refractivity contribution in [1.29, 1.82) is 0 Å². The third kappa shape index (κ3) is 3.78. The molecule has 0 aliphatic carbocycles. The van der Waals surface area contributed by atoms with Gasteiger partial charge in [-0.1, -0.05) is 47.5 Å². The molecule has 0 aliphatic rings. The second-order valence-corrected chi connectivity index (χ2v) is 5.70. The van der Waals surface area contributed by atoms with Crippen LogP contribution in [-0.4, -0.2) is 14.9 Å². The monoisotopic (exact) mass is 375 g/mol. The highest BCUT2D eigenvalue weighted by atomic mass is 35.5. The Kier molecular flexibility index (Phi) is 4.97. The number of benzene rings is 2. The molecule has 2 aromatic carbocycles. The molecule has 25 heavy (non-hydrogen) atoms. The van der Waals surface area contributed by atoms with Crippen LogP contribution < -0.4 is 10.6 Å². The third-order valence-corrected chi connectivity index (χ3v) is 3.92. The molecule has 0 atom stereocenters. The van der Waals surface area contributed by atoms with E-state index in [2.05, 4.69) is 20.6 Å². The molecule has 0 unspecified atom stereocenters. The Bertz CT molecular complexity index is 870. The zero-order valence-corrected chi connectivity index (χ0v) is 14.1. The molecule has 0 saturated carbocycles. The predicted octanol–water partition coefficient (Wildman–Crippen LogP) is 5.18. The molecule has 0 saturated heterocycles. The van der Waals surface area contributed by atoms with Gasteiger partial charge in [0.15, 0.2) is 0 Å². The first-order valence-corrected chi connectivity index (χ1v) is 7.84. The first kappa shape index (κ1) is 16.9.